The summed E-state index contributed by atoms with van der Waals surface area (Å²) in [6.07, 6.45) is 0. The molecule has 174 valence electrons. The van der Waals surface area contributed by atoms with Crippen molar-refractivity contribution in [2.24, 2.45) is 12.2 Å². The number of aromatic nitrogens is 6. The van der Waals surface area contributed by atoms with Crippen molar-refractivity contribution in [1.29, 1.82) is 0 Å². The fraction of sp³-hybridized carbons (Fsp3) is 0.0833. The van der Waals surface area contributed by atoms with E-state index in [1.54, 1.807) is 43.4 Å². The molecule has 0 saturated heterocycles. The molecule has 0 aliphatic rings. The number of rotatable bonds is 8. The van der Waals surface area contributed by atoms with E-state index in [0.29, 0.717) is 34.5 Å². The smallest absolute Gasteiger partial charge is 0.257 e. The second kappa shape index (κ2) is 9.91. The number of aryl methyl sites for hydroxylation is 1. The van der Waals surface area contributed by atoms with Gasteiger partial charge in [0.25, 0.3) is 5.89 Å². The van der Waals surface area contributed by atoms with Crippen LogP contribution >= 0.6 is 0 Å². The zero-order valence-electron chi connectivity index (χ0n) is 18.4. The van der Waals surface area contributed by atoms with Gasteiger partial charge in [0.2, 0.25) is 11.7 Å². The maximum absolute atomic E-state index is 13.3. The second-order valence-electron chi connectivity index (χ2n) is 7.29. The highest BCUT2D eigenvalue weighted by Crippen LogP contribution is 2.25. The van der Waals surface area contributed by atoms with E-state index in [4.69, 9.17) is 14.0 Å². The van der Waals surface area contributed by atoms with Gasteiger partial charge in [-0.15, -0.1) is 15.3 Å². The third-order valence-electron chi connectivity index (χ3n) is 4.82. The number of halogens is 1. The highest BCUT2D eigenvalue weighted by Gasteiger charge is 2.15. The molecule has 0 saturated carbocycles. The first kappa shape index (κ1) is 21.9. The molecule has 5 rings (SSSR count). The Morgan fingerprint density at radius 3 is 2.51 bits per heavy atom. The molecular weight excluding hydrogens is 453 g/mol. The highest BCUT2D eigenvalue weighted by atomic mass is 19.1. The van der Waals surface area contributed by atoms with Crippen LogP contribution in [0.1, 0.15) is 17.3 Å². The van der Waals surface area contributed by atoms with E-state index in [1.165, 1.54) is 16.8 Å². The van der Waals surface area contributed by atoms with Crippen molar-refractivity contribution < 1.29 is 18.4 Å². The molecule has 0 radical (unpaired) electrons. The standard InChI is InChI=1S/C24H18FN7O3/c1-32-23(27-30-31-32)22(16-6-3-2-4-7-16)29-33-15-21-26-28-24(35-21)17-10-12-19(13-11-17)34-20-9-5-8-18(25)14-20/h2-14H,15H2,1H3/b29-22-. The molecule has 2 heterocycles. The predicted molar refractivity (Wildman–Crippen MR) is 122 cm³/mol. The molecular formula is C24H18FN7O3. The van der Waals surface area contributed by atoms with Crippen molar-refractivity contribution in [2.75, 3.05) is 0 Å². The number of oxime groups is 1. The molecule has 11 heteroatoms. The lowest BCUT2D eigenvalue weighted by Crippen LogP contribution is -2.12. The van der Waals surface area contributed by atoms with Crippen molar-refractivity contribution in [3.8, 4) is 23.0 Å². The van der Waals surface area contributed by atoms with E-state index in [0.717, 1.165) is 5.56 Å². The Morgan fingerprint density at radius 2 is 1.77 bits per heavy atom. The second-order valence-corrected chi connectivity index (χ2v) is 7.29. The summed E-state index contributed by atoms with van der Waals surface area (Å²) in [4.78, 5) is 5.49. The van der Waals surface area contributed by atoms with Crippen molar-refractivity contribution >= 4 is 5.71 Å². The summed E-state index contributed by atoms with van der Waals surface area (Å²) in [5.41, 5.74) is 1.94. The Morgan fingerprint density at radius 1 is 0.943 bits per heavy atom. The first-order valence-corrected chi connectivity index (χ1v) is 10.5. The molecule has 2 aromatic heterocycles. The van der Waals surface area contributed by atoms with Crippen LogP contribution in [0.3, 0.4) is 0 Å². The van der Waals surface area contributed by atoms with E-state index in [1.807, 2.05) is 30.3 Å². The quantitative estimate of drug-likeness (QED) is 0.245. The average molecular weight is 471 g/mol. The summed E-state index contributed by atoms with van der Waals surface area (Å²) < 4.78 is 26.2. The molecule has 35 heavy (non-hydrogen) atoms. The number of nitrogens with zero attached hydrogens (tertiary/aromatic N) is 7. The summed E-state index contributed by atoms with van der Waals surface area (Å²) in [6, 6.07) is 22.3. The minimum Gasteiger partial charge on any atom is -0.457 e. The van der Waals surface area contributed by atoms with E-state index in [9.17, 15) is 4.39 Å². The highest BCUT2D eigenvalue weighted by molar-refractivity contribution is 6.10. The third kappa shape index (κ3) is 5.19. The summed E-state index contributed by atoms with van der Waals surface area (Å²) in [5.74, 6) is 1.58. The summed E-state index contributed by atoms with van der Waals surface area (Å²) in [7, 11) is 1.71. The van der Waals surface area contributed by atoms with Gasteiger partial charge in [0.1, 0.15) is 17.3 Å². The number of hydrogen-bond acceptors (Lipinski definition) is 9. The molecule has 0 aliphatic heterocycles. The van der Waals surface area contributed by atoms with Crippen molar-refractivity contribution in [3.05, 3.63) is 102 Å². The van der Waals surface area contributed by atoms with Crippen LogP contribution in [0.5, 0.6) is 11.5 Å². The van der Waals surface area contributed by atoms with Crippen LogP contribution in [0.4, 0.5) is 4.39 Å². The fourth-order valence-corrected chi connectivity index (χ4v) is 3.16. The van der Waals surface area contributed by atoms with E-state index in [-0.39, 0.29) is 18.3 Å². The number of tetrazole rings is 1. The molecule has 5 aromatic rings. The lowest BCUT2D eigenvalue weighted by molar-refractivity contribution is 0.111. The molecule has 0 bridgehead atoms. The minimum absolute atomic E-state index is 0.0463. The van der Waals surface area contributed by atoms with Gasteiger partial charge in [-0.2, -0.15) is 0 Å². The lowest BCUT2D eigenvalue weighted by Gasteiger charge is -2.05. The number of hydrogen-bond donors (Lipinski definition) is 0. The molecule has 0 spiro atoms. The van der Waals surface area contributed by atoms with Gasteiger partial charge in [0.15, 0.2) is 12.3 Å². The molecule has 0 atom stereocenters. The van der Waals surface area contributed by atoms with Gasteiger partial charge >= 0.3 is 0 Å². The molecule has 0 unspecified atom stereocenters. The molecule has 0 aliphatic carbocycles. The monoisotopic (exact) mass is 471 g/mol. The SMILES string of the molecule is Cn1nnnc1/C(=N\OCc1nnc(-c2ccc(Oc3cccc(F)c3)cc2)o1)c1ccccc1. The molecule has 0 N–H and O–H groups in total. The Hall–Kier alpha value is -4.93. The summed E-state index contributed by atoms with van der Waals surface area (Å²) >= 11 is 0. The zero-order chi connectivity index (χ0) is 24.0. The minimum atomic E-state index is -0.367. The lowest BCUT2D eigenvalue weighted by atomic mass is 10.1. The fourth-order valence-electron chi connectivity index (χ4n) is 3.16. The van der Waals surface area contributed by atoms with Crippen LogP contribution in [-0.4, -0.2) is 36.1 Å². The van der Waals surface area contributed by atoms with Gasteiger partial charge in [0.05, 0.1) is 0 Å². The van der Waals surface area contributed by atoms with Crippen LogP contribution in [-0.2, 0) is 18.5 Å². The average Bonchev–Trinajstić information content (AvgIpc) is 3.52. The van der Waals surface area contributed by atoms with Gasteiger partial charge in [-0.25, -0.2) is 9.07 Å². The van der Waals surface area contributed by atoms with Crippen LogP contribution in [0, 0.1) is 5.82 Å². The number of ether oxygens (including phenoxy) is 1. The summed E-state index contributed by atoms with van der Waals surface area (Å²) in [6.45, 7) is -0.0463. The van der Waals surface area contributed by atoms with Crippen LogP contribution in [0.15, 0.2) is 88.4 Å². The van der Waals surface area contributed by atoms with Gasteiger partial charge in [-0.3, -0.25) is 0 Å². The molecule has 10 nitrogen and oxygen atoms in total. The molecule has 0 amide bonds. The van der Waals surface area contributed by atoms with E-state index in [2.05, 4.69) is 30.9 Å². The van der Waals surface area contributed by atoms with Gasteiger partial charge in [0, 0.05) is 24.2 Å². The third-order valence-corrected chi connectivity index (χ3v) is 4.82. The van der Waals surface area contributed by atoms with Gasteiger partial charge in [-0.1, -0.05) is 41.6 Å². The van der Waals surface area contributed by atoms with Gasteiger partial charge < -0.3 is 14.0 Å². The topological polar surface area (TPSA) is 113 Å². The first-order valence-electron chi connectivity index (χ1n) is 10.5. The Bertz CT molecular complexity index is 1450. The maximum Gasteiger partial charge on any atom is 0.257 e. The Balaban J connectivity index is 1.26. The molecule has 0 fully saturated rings. The summed E-state index contributed by atoms with van der Waals surface area (Å²) in [5, 5.41) is 23.8. The normalized spacial score (nSPS) is 11.4. The van der Waals surface area contributed by atoms with E-state index >= 15 is 0 Å². The van der Waals surface area contributed by atoms with Crippen LogP contribution < -0.4 is 4.74 Å². The Labute approximate surface area is 198 Å². The van der Waals surface area contributed by atoms with Crippen molar-refractivity contribution in [1.82, 2.24) is 30.4 Å². The van der Waals surface area contributed by atoms with Crippen LogP contribution in [0.2, 0.25) is 0 Å². The van der Waals surface area contributed by atoms with E-state index < -0.39 is 0 Å². The predicted octanol–water partition coefficient (Wildman–Crippen LogP) is 4.16. The Kier molecular flexibility index (Phi) is 6.20. The largest absolute Gasteiger partial charge is 0.457 e. The molecule has 3 aromatic carbocycles. The van der Waals surface area contributed by atoms with Gasteiger partial charge in [-0.05, 0) is 46.8 Å². The first-order chi connectivity index (χ1) is 17.2. The van der Waals surface area contributed by atoms with Crippen molar-refractivity contribution in [2.45, 2.75) is 6.61 Å². The van der Waals surface area contributed by atoms with Crippen molar-refractivity contribution in [3.63, 3.8) is 0 Å². The zero-order valence-corrected chi connectivity index (χ0v) is 18.4. The number of benzene rings is 3. The van der Waals surface area contributed by atoms with Crippen LogP contribution in [0.25, 0.3) is 11.5 Å². The maximum atomic E-state index is 13.3.